The Balaban J connectivity index is 1.43. The third-order valence-electron chi connectivity index (χ3n) is 7.50. The number of aliphatic hydroxyl groups excluding tert-OH is 2. The van der Waals surface area contributed by atoms with Gasteiger partial charge in [0, 0.05) is 12.5 Å². The van der Waals surface area contributed by atoms with Crippen molar-refractivity contribution in [2.75, 3.05) is 0 Å². The van der Waals surface area contributed by atoms with Crippen LogP contribution in [-0.2, 0) is 19.0 Å². The molecule has 0 radical (unpaired) electrons. The van der Waals surface area contributed by atoms with E-state index in [0.29, 0.717) is 19.3 Å². The van der Waals surface area contributed by atoms with Crippen molar-refractivity contribution in [3.05, 3.63) is 60.8 Å². The molecule has 3 heterocycles. The molecule has 4 aliphatic rings. The van der Waals surface area contributed by atoms with Gasteiger partial charge in [-0.15, -0.1) is 0 Å². The molecule has 2 bridgehead atoms. The fraction of sp³-hybridized carbons (Fsp3) is 0.633. The molecule has 8 atom stereocenters. The quantitative estimate of drug-likeness (QED) is 0.328. The number of ether oxygens (including phenoxy) is 3. The summed E-state index contributed by atoms with van der Waals surface area (Å²) in [7, 11) is 0. The minimum absolute atomic E-state index is 0.0609. The molecule has 1 aliphatic carbocycles. The predicted octanol–water partition coefficient (Wildman–Crippen LogP) is 4.87. The van der Waals surface area contributed by atoms with E-state index in [2.05, 4.69) is 24.8 Å². The number of allylic oxidation sites excluding steroid dienone is 3. The van der Waals surface area contributed by atoms with Crippen LogP contribution in [-0.4, -0.2) is 58.9 Å². The Labute approximate surface area is 215 Å². The highest BCUT2D eigenvalue weighted by molar-refractivity contribution is 5.82. The number of esters is 1. The number of carbonyl (C=O) groups excluding carboxylic acids is 1. The SMILES string of the molecule is C=C1CCC[C@@H]2CC=C[C@@H](C/C=C\C(=O)OC([C@@H](O)/C=C/C3C=CCCCC3)C[C@@H]3O[C@H]3[C@@H](O)C1)O2. The number of aliphatic hydroxyl groups is 2. The molecule has 0 amide bonds. The second kappa shape index (κ2) is 13.5. The van der Waals surface area contributed by atoms with E-state index in [1.54, 1.807) is 12.2 Å². The number of rotatable bonds is 3. The number of cyclic esters (lactones) is 1. The Kier molecular flexibility index (Phi) is 10.2. The van der Waals surface area contributed by atoms with Crippen LogP contribution in [0.15, 0.2) is 60.8 Å². The van der Waals surface area contributed by atoms with Crippen molar-refractivity contribution in [2.24, 2.45) is 5.92 Å². The average Bonchev–Trinajstić information content (AvgIpc) is 3.66. The lowest BCUT2D eigenvalue weighted by atomic mass is 9.96. The molecule has 0 aromatic carbocycles. The zero-order valence-electron chi connectivity index (χ0n) is 21.3. The molecule has 1 fully saturated rings. The van der Waals surface area contributed by atoms with Crippen LogP contribution in [0, 0.1) is 5.92 Å². The molecule has 0 spiro atoms. The molecule has 0 aromatic rings. The Morgan fingerprint density at radius 1 is 1.06 bits per heavy atom. The monoisotopic (exact) mass is 498 g/mol. The highest BCUT2D eigenvalue weighted by Gasteiger charge is 2.46. The summed E-state index contributed by atoms with van der Waals surface area (Å²) in [5.41, 5.74) is 1.01. The number of hydrogen-bond donors (Lipinski definition) is 2. The Morgan fingerprint density at radius 3 is 2.83 bits per heavy atom. The third kappa shape index (κ3) is 8.55. The van der Waals surface area contributed by atoms with Crippen LogP contribution in [0.2, 0.25) is 0 Å². The number of fused-ring (bicyclic) bond motifs is 3. The predicted molar refractivity (Wildman–Crippen MR) is 139 cm³/mol. The van der Waals surface area contributed by atoms with Gasteiger partial charge in [0.1, 0.15) is 18.3 Å². The van der Waals surface area contributed by atoms with Gasteiger partial charge in [-0.3, -0.25) is 0 Å². The summed E-state index contributed by atoms with van der Waals surface area (Å²) < 4.78 is 17.6. The molecule has 0 aromatic heterocycles. The highest BCUT2D eigenvalue weighted by Crippen LogP contribution is 2.34. The van der Waals surface area contributed by atoms with Gasteiger partial charge in [0.25, 0.3) is 0 Å². The minimum atomic E-state index is -0.952. The molecule has 2 unspecified atom stereocenters. The van der Waals surface area contributed by atoms with Crippen molar-refractivity contribution in [1.29, 1.82) is 0 Å². The molecule has 36 heavy (non-hydrogen) atoms. The maximum absolute atomic E-state index is 12.6. The van der Waals surface area contributed by atoms with Gasteiger partial charge in [-0.1, -0.05) is 61.1 Å². The standard InChI is InChI=1S/C30H42O6/c1-21-9-6-12-23-13-7-14-24(34-23)15-8-16-29(33)35-27(20-28-30(36-28)26(32)19-21)25(31)18-17-22-10-4-2-3-5-11-22/h4,7-8,10,14,16-18,22-28,30-32H,1-3,5-6,9,11-13,15,19-20H2/b16-8-,18-17+/t22?,23-,24+,25+,26+,27?,28+,30+/m1/s1. The van der Waals surface area contributed by atoms with E-state index in [9.17, 15) is 15.0 Å². The van der Waals surface area contributed by atoms with E-state index in [-0.39, 0.29) is 30.3 Å². The van der Waals surface area contributed by atoms with Crippen molar-refractivity contribution >= 4 is 5.97 Å². The van der Waals surface area contributed by atoms with Crippen LogP contribution in [0.4, 0.5) is 0 Å². The highest BCUT2D eigenvalue weighted by atomic mass is 16.6. The molecule has 6 nitrogen and oxygen atoms in total. The topological polar surface area (TPSA) is 88.5 Å². The molecule has 1 saturated heterocycles. The molecule has 6 heteroatoms. The Morgan fingerprint density at radius 2 is 1.94 bits per heavy atom. The van der Waals surface area contributed by atoms with Gasteiger partial charge in [0.05, 0.1) is 24.4 Å². The largest absolute Gasteiger partial charge is 0.456 e. The van der Waals surface area contributed by atoms with E-state index >= 15 is 0 Å². The second-order valence-electron chi connectivity index (χ2n) is 10.6. The van der Waals surface area contributed by atoms with Gasteiger partial charge in [0.2, 0.25) is 0 Å². The lowest BCUT2D eigenvalue weighted by molar-refractivity contribution is -0.148. The van der Waals surface area contributed by atoms with E-state index in [4.69, 9.17) is 14.2 Å². The first-order valence-corrected chi connectivity index (χ1v) is 13.7. The maximum Gasteiger partial charge on any atom is 0.330 e. The van der Waals surface area contributed by atoms with Gasteiger partial charge >= 0.3 is 5.97 Å². The van der Waals surface area contributed by atoms with Crippen LogP contribution in [0.3, 0.4) is 0 Å². The van der Waals surface area contributed by atoms with E-state index in [1.165, 1.54) is 12.5 Å². The van der Waals surface area contributed by atoms with Crippen LogP contribution < -0.4 is 0 Å². The van der Waals surface area contributed by atoms with Crippen molar-refractivity contribution in [1.82, 2.24) is 0 Å². The maximum atomic E-state index is 12.6. The molecule has 4 rings (SSSR count). The van der Waals surface area contributed by atoms with Crippen molar-refractivity contribution < 1.29 is 29.2 Å². The first-order valence-electron chi connectivity index (χ1n) is 13.7. The number of hydrogen-bond acceptors (Lipinski definition) is 6. The van der Waals surface area contributed by atoms with Crippen LogP contribution in [0.1, 0.15) is 70.6 Å². The molecule has 2 N–H and O–H groups in total. The van der Waals surface area contributed by atoms with Gasteiger partial charge < -0.3 is 24.4 Å². The summed E-state index contributed by atoms with van der Waals surface area (Å²) in [5, 5.41) is 21.6. The van der Waals surface area contributed by atoms with Crippen LogP contribution >= 0.6 is 0 Å². The Bertz CT molecular complexity index is 858. The molecular weight excluding hydrogens is 456 g/mol. The van der Waals surface area contributed by atoms with Gasteiger partial charge in [-0.05, 0) is 63.7 Å². The normalized spacial score (nSPS) is 38.3. The summed E-state index contributed by atoms with van der Waals surface area (Å²) in [5.74, 6) is -0.215. The molecular formula is C30H42O6. The van der Waals surface area contributed by atoms with Gasteiger partial charge in [-0.25, -0.2) is 4.79 Å². The lowest BCUT2D eigenvalue weighted by Crippen LogP contribution is -2.32. The first kappa shape index (κ1) is 27.1. The third-order valence-corrected chi connectivity index (χ3v) is 7.50. The fourth-order valence-corrected chi connectivity index (χ4v) is 5.35. The minimum Gasteiger partial charge on any atom is -0.456 e. The van der Waals surface area contributed by atoms with Gasteiger partial charge in [-0.2, -0.15) is 0 Å². The summed E-state index contributed by atoms with van der Waals surface area (Å²) in [6.07, 6.45) is 22.2. The summed E-state index contributed by atoms with van der Waals surface area (Å²) in [6, 6.07) is 0. The van der Waals surface area contributed by atoms with Crippen molar-refractivity contribution in [2.45, 2.75) is 113 Å². The zero-order chi connectivity index (χ0) is 25.3. The van der Waals surface area contributed by atoms with Crippen molar-refractivity contribution in [3.8, 4) is 0 Å². The molecule has 3 aliphatic heterocycles. The number of carbonyl (C=O) groups is 1. The Hall–Kier alpha value is -1.99. The molecule has 198 valence electrons. The van der Waals surface area contributed by atoms with E-state index in [1.807, 2.05) is 12.2 Å². The van der Waals surface area contributed by atoms with Crippen LogP contribution in [0.25, 0.3) is 0 Å². The summed E-state index contributed by atoms with van der Waals surface area (Å²) in [4.78, 5) is 12.6. The number of epoxide rings is 1. The molecule has 0 saturated carbocycles. The lowest BCUT2D eigenvalue weighted by Gasteiger charge is -2.25. The summed E-state index contributed by atoms with van der Waals surface area (Å²) in [6.45, 7) is 4.15. The smallest absolute Gasteiger partial charge is 0.330 e. The average molecular weight is 499 g/mol. The summed E-state index contributed by atoms with van der Waals surface area (Å²) >= 11 is 0. The van der Waals surface area contributed by atoms with E-state index < -0.39 is 24.3 Å². The second-order valence-corrected chi connectivity index (χ2v) is 10.6. The first-order chi connectivity index (χ1) is 17.5. The van der Waals surface area contributed by atoms with Gasteiger partial charge in [0.15, 0.2) is 0 Å². The van der Waals surface area contributed by atoms with E-state index in [0.717, 1.165) is 50.5 Å². The fourth-order valence-electron chi connectivity index (χ4n) is 5.35. The van der Waals surface area contributed by atoms with Crippen molar-refractivity contribution in [3.63, 3.8) is 0 Å². The van der Waals surface area contributed by atoms with Crippen LogP contribution in [0.5, 0.6) is 0 Å². The zero-order valence-corrected chi connectivity index (χ0v) is 21.3.